The van der Waals surface area contributed by atoms with Gasteiger partial charge in [0.05, 0.1) is 18.4 Å². The van der Waals surface area contributed by atoms with Gasteiger partial charge in [-0.15, -0.1) is 0 Å². The number of amides is 3. The highest BCUT2D eigenvalue weighted by Gasteiger charge is 2.50. The minimum Gasteiger partial charge on any atom is -0.480 e. The standard InChI is InChI=1S/C36H39N3O7/c1-36(2,3)46-35(44)39-28-16-10-9-14-25(28)18-30(39)33(41)38-21-27(45-22-23-11-5-4-6-12-23)19-29(38)32(40)37-20-26-15-8-7-13-24(26)17-31(37)34(42)43/h4-16,27,29-31H,17-22H2,1-3H3,(H,42,43)/t27-,29-,30-,31-/m1/s1. The van der Waals surface area contributed by atoms with E-state index < -0.39 is 53.7 Å². The summed E-state index contributed by atoms with van der Waals surface area (Å²) in [5.74, 6) is -1.95. The fourth-order valence-electron chi connectivity index (χ4n) is 6.66. The van der Waals surface area contributed by atoms with E-state index >= 15 is 0 Å². The van der Waals surface area contributed by atoms with Crippen LogP contribution in [0.1, 0.15) is 49.4 Å². The Balaban J connectivity index is 1.31. The van der Waals surface area contributed by atoms with Crippen molar-refractivity contribution in [3.63, 3.8) is 0 Å². The molecule has 0 bridgehead atoms. The molecule has 0 saturated carbocycles. The fraction of sp³-hybridized carbons (Fsp3) is 0.389. The van der Waals surface area contributed by atoms with Crippen LogP contribution in [0.25, 0.3) is 0 Å². The van der Waals surface area contributed by atoms with E-state index in [1.807, 2.05) is 66.7 Å². The second-order valence-corrected chi connectivity index (χ2v) is 13.2. The summed E-state index contributed by atoms with van der Waals surface area (Å²) < 4.78 is 12.0. The summed E-state index contributed by atoms with van der Waals surface area (Å²) in [4.78, 5) is 59.2. The van der Waals surface area contributed by atoms with E-state index in [9.17, 15) is 24.3 Å². The topological polar surface area (TPSA) is 117 Å². The molecular weight excluding hydrogens is 586 g/mol. The van der Waals surface area contributed by atoms with Gasteiger partial charge in [0, 0.05) is 32.4 Å². The van der Waals surface area contributed by atoms with Crippen molar-refractivity contribution in [2.75, 3.05) is 11.4 Å². The first-order valence-corrected chi connectivity index (χ1v) is 15.7. The van der Waals surface area contributed by atoms with Gasteiger partial charge in [-0.2, -0.15) is 0 Å². The number of carboxylic acids is 1. The smallest absolute Gasteiger partial charge is 0.415 e. The van der Waals surface area contributed by atoms with Gasteiger partial charge in [-0.25, -0.2) is 9.59 Å². The molecule has 3 aliphatic rings. The Labute approximate surface area is 268 Å². The third kappa shape index (κ3) is 6.35. The van der Waals surface area contributed by atoms with Gasteiger partial charge in [0.2, 0.25) is 11.8 Å². The Bertz CT molecular complexity index is 1640. The van der Waals surface area contributed by atoms with Gasteiger partial charge in [0.1, 0.15) is 23.7 Å². The van der Waals surface area contributed by atoms with Gasteiger partial charge in [-0.05, 0) is 49.1 Å². The molecule has 4 atom stereocenters. The van der Waals surface area contributed by atoms with Crippen LogP contribution in [0.5, 0.6) is 0 Å². The van der Waals surface area contributed by atoms with E-state index in [0.29, 0.717) is 12.3 Å². The van der Waals surface area contributed by atoms with Gasteiger partial charge in [0.25, 0.3) is 0 Å². The monoisotopic (exact) mass is 625 g/mol. The Hall–Kier alpha value is -4.70. The summed E-state index contributed by atoms with van der Waals surface area (Å²) in [5.41, 5.74) is 3.34. The highest BCUT2D eigenvalue weighted by atomic mass is 16.6. The number of para-hydroxylation sites is 1. The van der Waals surface area contributed by atoms with Crippen molar-refractivity contribution in [2.24, 2.45) is 0 Å². The van der Waals surface area contributed by atoms with Crippen molar-refractivity contribution >= 4 is 29.6 Å². The second-order valence-electron chi connectivity index (χ2n) is 13.2. The number of carbonyl (C=O) groups is 4. The zero-order valence-corrected chi connectivity index (χ0v) is 26.3. The average molecular weight is 626 g/mol. The molecule has 46 heavy (non-hydrogen) atoms. The van der Waals surface area contributed by atoms with Crippen LogP contribution in [-0.2, 0) is 49.9 Å². The lowest BCUT2D eigenvalue weighted by Gasteiger charge is -2.38. The summed E-state index contributed by atoms with van der Waals surface area (Å²) in [5, 5.41) is 10.2. The number of likely N-dealkylation sites (tertiary alicyclic amines) is 1. The van der Waals surface area contributed by atoms with Crippen LogP contribution in [0.3, 0.4) is 0 Å². The number of nitrogens with zero attached hydrogens (tertiary/aromatic N) is 3. The maximum atomic E-state index is 14.6. The van der Waals surface area contributed by atoms with Crippen LogP contribution >= 0.6 is 0 Å². The normalized spacial score (nSPS) is 22.3. The van der Waals surface area contributed by atoms with Crippen molar-refractivity contribution in [3.05, 3.63) is 101 Å². The molecule has 3 aromatic carbocycles. The lowest BCUT2D eigenvalue weighted by Crippen LogP contribution is -2.58. The highest BCUT2D eigenvalue weighted by Crippen LogP contribution is 2.36. The molecule has 3 amide bonds. The quantitative estimate of drug-likeness (QED) is 0.427. The maximum Gasteiger partial charge on any atom is 0.415 e. The van der Waals surface area contributed by atoms with Crippen molar-refractivity contribution < 1.29 is 33.8 Å². The van der Waals surface area contributed by atoms with Gasteiger partial charge in [-0.1, -0.05) is 72.8 Å². The zero-order chi connectivity index (χ0) is 32.6. The number of rotatable bonds is 6. The summed E-state index contributed by atoms with van der Waals surface area (Å²) >= 11 is 0. The largest absolute Gasteiger partial charge is 0.480 e. The third-order valence-electron chi connectivity index (χ3n) is 8.83. The molecule has 6 rings (SSSR count). The molecule has 1 fully saturated rings. The van der Waals surface area contributed by atoms with Gasteiger partial charge in [-0.3, -0.25) is 14.5 Å². The number of carbonyl (C=O) groups excluding carboxylic acids is 3. The third-order valence-corrected chi connectivity index (χ3v) is 8.83. The first-order valence-electron chi connectivity index (χ1n) is 15.7. The van der Waals surface area contributed by atoms with Crippen molar-refractivity contribution in [1.29, 1.82) is 0 Å². The molecule has 3 heterocycles. The predicted octanol–water partition coefficient (Wildman–Crippen LogP) is 4.58. The van der Waals surface area contributed by atoms with Crippen LogP contribution < -0.4 is 4.90 Å². The molecular formula is C36H39N3O7. The van der Waals surface area contributed by atoms with E-state index in [2.05, 4.69) is 0 Å². The average Bonchev–Trinajstić information content (AvgIpc) is 3.64. The van der Waals surface area contributed by atoms with E-state index in [1.165, 1.54) is 14.7 Å². The van der Waals surface area contributed by atoms with Crippen LogP contribution in [0.2, 0.25) is 0 Å². The number of carboxylic acid groups (broad SMARTS) is 1. The number of fused-ring (bicyclic) bond motifs is 2. The van der Waals surface area contributed by atoms with Crippen LogP contribution in [0, 0.1) is 0 Å². The maximum absolute atomic E-state index is 14.6. The zero-order valence-electron chi connectivity index (χ0n) is 26.3. The van der Waals surface area contributed by atoms with Crippen LogP contribution in [0.15, 0.2) is 78.9 Å². The number of hydrogen-bond acceptors (Lipinski definition) is 6. The van der Waals surface area contributed by atoms with Crippen molar-refractivity contribution in [2.45, 2.75) is 83.0 Å². The molecule has 0 aliphatic carbocycles. The van der Waals surface area contributed by atoms with Gasteiger partial charge < -0.3 is 24.4 Å². The number of benzene rings is 3. The number of hydrogen-bond donors (Lipinski definition) is 1. The summed E-state index contributed by atoms with van der Waals surface area (Å²) in [6.45, 7) is 5.84. The molecule has 0 aromatic heterocycles. The fourth-order valence-corrected chi connectivity index (χ4v) is 6.66. The molecule has 1 N–H and O–H groups in total. The molecule has 0 unspecified atom stereocenters. The summed E-state index contributed by atoms with van der Waals surface area (Å²) in [7, 11) is 0. The van der Waals surface area contributed by atoms with Crippen LogP contribution in [-0.4, -0.2) is 75.2 Å². The number of anilines is 1. The second kappa shape index (κ2) is 12.6. The Morgan fingerprint density at radius 2 is 1.37 bits per heavy atom. The van der Waals surface area contributed by atoms with Crippen molar-refractivity contribution in [1.82, 2.24) is 9.80 Å². The molecule has 0 radical (unpaired) electrons. The van der Waals surface area contributed by atoms with E-state index in [4.69, 9.17) is 9.47 Å². The SMILES string of the molecule is CC(C)(C)OC(=O)N1c2ccccc2C[C@@H]1C(=O)N1C[C@H](OCc2ccccc2)C[C@@H]1C(=O)N1Cc2ccccc2C[C@@H]1C(=O)O. The van der Waals surface area contributed by atoms with Crippen molar-refractivity contribution in [3.8, 4) is 0 Å². The molecule has 10 nitrogen and oxygen atoms in total. The minimum atomic E-state index is -1.10. The highest BCUT2D eigenvalue weighted by molar-refractivity contribution is 6.02. The molecule has 10 heteroatoms. The Morgan fingerprint density at radius 1 is 0.761 bits per heavy atom. The van der Waals surface area contributed by atoms with E-state index in [0.717, 1.165) is 22.3 Å². The lowest BCUT2D eigenvalue weighted by atomic mass is 9.93. The number of ether oxygens (including phenoxy) is 2. The molecule has 3 aliphatic heterocycles. The van der Waals surface area contributed by atoms with Gasteiger partial charge >= 0.3 is 12.1 Å². The molecule has 240 valence electrons. The molecule has 0 spiro atoms. The summed E-state index contributed by atoms with van der Waals surface area (Å²) in [6, 6.07) is 21.5. The Kier molecular flexibility index (Phi) is 8.57. The summed E-state index contributed by atoms with van der Waals surface area (Å²) in [6.07, 6.45) is -0.481. The minimum absolute atomic E-state index is 0.124. The first kappa shape index (κ1) is 31.3. The first-order chi connectivity index (χ1) is 22.0. The van der Waals surface area contributed by atoms with E-state index in [-0.39, 0.29) is 32.4 Å². The molecule has 3 aromatic rings. The number of aliphatic carboxylic acids is 1. The van der Waals surface area contributed by atoms with Gasteiger partial charge in [0.15, 0.2) is 0 Å². The predicted molar refractivity (Wildman–Crippen MR) is 170 cm³/mol. The Morgan fingerprint density at radius 3 is 2.07 bits per heavy atom. The lowest BCUT2D eigenvalue weighted by molar-refractivity contribution is -0.155. The van der Waals surface area contributed by atoms with Crippen LogP contribution in [0.4, 0.5) is 10.5 Å². The molecule has 1 saturated heterocycles. The van der Waals surface area contributed by atoms with E-state index in [1.54, 1.807) is 32.9 Å².